The number of hydrogen-bond donors (Lipinski definition) is 1. The highest BCUT2D eigenvalue weighted by Gasteiger charge is 2.45. The molecule has 0 bridgehead atoms. The summed E-state index contributed by atoms with van der Waals surface area (Å²) in [5.74, 6) is 3.10. The Balaban J connectivity index is 1.95. The first kappa shape index (κ1) is 9.81. The summed E-state index contributed by atoms with van der Waals surface area (Å²) in [5.41, 5.74) is 0. The van der Waals surface area contributed by atoms with E-state index in [4.69, 9.17) is 5.11 Å². The number of aliphatic hydroxyl groups is 1. The van der Waals surface area contributed by atoms with E-state index in [1.54, 1.807) is 0 Å². The van der Waals surface area contributed by atoms with Crippen molar-refractivity contribution in [2.75, 3.05) is 18.1 Å². The van der Waals surface area contributed by atoms with E-state index < -0.39 is 0 Å². The van der Waals surface area contributed by atoms with Crippen molar-refractivity contribution in [2.45, 2.75) is 38.4 Å². The van der Waals surface area contributed by atoms with Crippen molar-refractivity contribution >= 4 is 11.8 Å². The molecule has 0 spiro atoms. The summed E-state index contributed by atoms with van der Waals surface area (Å²) in [4.78, 5) is 2.62. The lowest BCUT2D eigenvalue weighted by atomic mass is 10.2. The summed E-state index contributed by atoms with van der Waals surface area (Å²) in [7, 11) is 0. The van der Waals surface area contributed by atoms with Gasteiger partial charge >= 0.3 is 0 Å². The highest BCUT2D eigenvalue weighted by Crippen LogP contribution is 2.40. The molecule has 2 fully saturated rings. The summed E-state index contributed by atoms with van der Waals surface area (Å²) in [6.07, 6.45) is 1.22. The zero-order valence-corrected chi connectivity index (χ0v) is 9.26. The Morgan fingerprint density at radius 2 is 1.92 bits per heavy atom. The van der Waals surface area contributed by atoms with Gasteiger partial charge in [-0.05, 0) is 26.2 Å². The Morgan fingerprint density at radius 3 is 2.38 bits per heavy atom. The van der Waals surface area contributed by atoms with Crippen LogP contribution in [-0.2, 0) is 0 Å². The summed E-state index contributed by atoms with van der Waals surface area (Å²) < 4.78 is 0. The summed E-state index contributed by atoms with van der Waals surface area (Å²) in [6.45, 7) is 5.01. The Labute approximate surface area is 84.7 Å². The third-order valence-corrected chi connectivity index (χ3v) is 4.67. The SMILES string of the molecule is CC1CSCC(C)N1C1CC1CO. The van der Waals surface area contributed by atoms with Crippen LogP contribution >= 0.6 is 11.8 Å². The van der Waals surface area contributed by atoms with Gasteiger partial charge in [0.25, 0.3) is 0 Å². The van der Waals surface area contributed by atoms with E-state index in [0.717, 1.165) is 0 Å². The number of hydrogen-bond acceptors (Lipinski definition) is 3. The summed E-state index contributed by atoms with van der Waals surface area (Å²) in [6, 6.07) is 2.10. The number of thioether (sulfide) groups is 1. The van der Waals surface area contributed by atoms with Crippen LogP contribution in [-0.4, -0.2) is 46.2 Å². The van der Waals surface area contributed by atoms with Crippen molar-refractivity contribution in [3.63, 3.8) is 0 Å². The number of rotatable bonds is 2. The second kappa shape index (κ2) is 3.79. The molecule has 0 radical (unpaired) electrons. The summed E-state index contributed by atoms with van der Waals surface area (Å²) >= 11 is 2.06. The normalized spacial score (nSPS) is 46.4. The van der Waals surface area contributed by atoms with E-state index in [0.29, 0.717) is 30.7 Å². The first-order valence-electron chi connectivity index (χ1n) is 5.20. The third-order valence-electron chi connectivity index (χ3n) is 3.24. The molecule has 3 heteroatoms. The van der Waals surface area contributed by atoms with Crippen LogP contribution in [0.1, 0.15) is 20.3 Å². The maximum absolute atomic E-state index is 9.05. The average molecular weight is 201 g/mol. The smallest absolute Gasteiger partial charge is 0.0474 e. The Bertz CT molecular complexity index is 178. The topological polar surface area (TPSA) is 23.5 Å². The molecule has 1 aliphatic carbocycles. The number of aliphatic hydroxyl groups excluding tert-OH is 1. The van der Waals surface area contributed by atoms with Crippen molar-refractivity contribution in [1.82, 2.24) is 4.90 Å². The van der Waals surface area contributed by atoms with Crippen LogP contribution in [0.3, 0.4) is 0 Å². The van der Waals surface area contributed by atoms with Crippen molar-refractivity contribution in [3.8, 4) is 0 Å². The Morgan fingerprint density at radius 1 is 1.31 bits per heavy atom. The minimum absolute atomic E-state index is 0.383. The largest absolute Gasteiger partial charge is 0.396 e. The lowest BCUT2D eigenvalue weighted by Crippen LogP contribution is -2.48. The van der Waals surface area contributed by atoms with E-state index in [1.807, 2.05) is 0 Å². The molecule has 1 N–H and O–H groups in total. The van der Waals surface area contributed by atoms with E-state index in [9.17, 15) is 0 Å². The Kier molecular flexibility index (Phi) is 2.86. The number of nitrogens with zero attached hydrogens (tertiary/aromatic N) is 1. The van der Waals surface area contributed by atoms with E-state index in [1.165, 1.54) is 17.9 Å². The minimum atomic E-state index is 0.383. The fraction of sp³-hybridized carbons (Fsp3) is 1.00. The van der Waals surface area contributed by atoms with Crippen molar-refractivity contribution < 1.29 is 5.11 Å². The molecule has 0 aromatic carbocycles. The van der Waals surface area contributed by atoms with E-state index in [2.05, 4.69) is 30.5 Å². The molecule has 76 valence electrons. The van der Waals surface area contributed by atoms with Gasteiger partial charge in [-0.3, -0.25) is 4.90 Å². The zero-order chi connectivity index (χ0) is 9.42. The van der Waals surface area contributed by atoms with Crippen molar-refractivity contribution in [2.24, 2.45) is 5.92 Å². The standard InChI is InChI=1S/C10H19NOS/c1-7-5-13-6-8(2)11(7)10-3-9(10)4-12/h7-10,12H,3-6H2,1-2H3. The molecule has 0 aromatic rings. The van der Waals surface area contributed by atoms with Crippen LogP contribution in [0, 0.1) is 5.92 Å². The molecule has 2 nitrogen and oxygen atoms in total. The molecule has 2 aliphatic rings. The molecule has 2 rings (SSSR count). The Hall–Kier alpha value is 0.270. The second-order valence-corrected chi connectivity index (χ2v) is 5.50. The summed E-state index contributed by atoms with van der Waals surface area (Å²) in [5, 5.41) is 9.05. The monoisotopic (exact) mass is 201 g/mol. The van der Waals surface area contributed by atoms with Crippen LogP contribution in [0.2, 0.25) is 0 Å². The highest BCUT2D eigenvalue weighted by atomic mass is 32.2. The van der Waals surface area contributed by atoms with Gasteiger partial charge in [0.2, 0.25) is 0 Å². The zero-order valence-electron chi connectivity index (χ0n) is 8.44. The first-order valence-corrected chi connectivity index (χ1v) is 6.35. The fourth-order valence-electron chi connectivity index (χ4n) is 2.46. The van der Waals surface area contributed by atoms with Gasteiger partial charge in [-0.25, -0.2) is 0 Å². The molecular weight excluding hydrogens is 182 g/mol. The average Bonchev–Trinajstić information content (AvgIpc) is 2.83. The molecule has 1 heterocycles. The lowest BCUT2D eigenvalue weighted by Gasteiger charge is -2.39. The molecule has 0 amide bonds. The predicted octanol–water partition coefficient (Wildman–Crippen LogP) is 1.19. The minimum Gasteiger partial charge on any atom is -0.396 e. The predicted molar refractivity (Wildman–Crippen MR) is 57.1 cm³/mol. The van der Waals surface area contributed by atoms with Gasteiger partial charge in [-0.1, -0.05) is 0 Å². The maximum Gasteiger partial charge on any atom is 0.0474 e. The van der Waals surface area contributed by atoms with Crippen LogP contribution in [0.15, 0.2) is 0 Å². The second-order valence-electron chi connectivity index (χ2n) is 4.43. The van der Waals surface area contributed by atoms with Crippen LogP contribution in [0.5, 0.6) is 0 Å². The van der Waals surface area contributed by atoms with Gasteiger partial charge in [0.05, 0.1) is 0 Å². The molecule has 0 aromatic heterocycles. The molecule has 4 unspecified atom stereocenters. The van der Waals surface area contributed by atoms with Gasteiger partial charge < -0.3 is 5.11 Å². The maximum atomic E-state index is 9.05. The molecule has 1 saturated carbocycles. The third kappa shape index (κ3) is 1.88. The lowest BCUT2D eigenvalue weighted by molar-refractivity contribution is 0.144. The first-order chi connectivity index (χ1) is 6.24. The molecule has 1 aliphatic heterocycles. The molecule has 1 saturated heterocycles. The highest BCUT2D eigenvalue weighted by molar-refractivity contribution is 7.99. The van der Waals surface area contributed by atoms with Gasteiger partial charge in [0.1, 0.15) is 0 Å². The van der Waals surface area contributed by atoms with Crippen LogP contribution in [0.4, 0.5) is 0 Å². The van der Waals surface area contributed by atoms with Crippen molar-refractivity contribution in [3.05, 3.63) is 0 Å². The van der Waals surface area contributed by atoms with Crippen LogP contribution < -0.4 is 0 Å². The quantitative estimate of drug-likeness (QED) is 0.726. The molecular formula is C10H19NOS. The van der Waals surface area contributed by atoms with Gasteiger partial charge in [-0.15, -0.1) is 0 Å². The van der Waals surface area contributed by atoms with Crippen LogP contribution in [0.25, 0.3) is 0 Å². The van der Waals surface area contributed by atoms with Gasteiger partial charge in [-0.2, -0.15) is 11.8 Å². The molecule has 4 atom stereocenters. The van der Waals surface area contributed by atoms with Crippen molar-refractivity contribution in [1.29, 1.82) is 0 Å². The van der Waals surface area contributed by atoms with E-state index in [-0.39, 0.29) is 0 Å². The van der Waals surface area contributed by atoms with Gasteiger partial charge in [0, 0.05) is 36.2 Å². The fourth-order valence-corrected chi connectivity index (χ4v) is 3.62. The molecule has 13 heavy (non-hydrogen) atoms. The van der Waals surface area contributed by atoms with Gasteiger partial charge in [0.15, 0.2) is 0 Å². The van der Waals surface area contributed by atoms with E-state index >= 15 is 0 Å².